The van der Waals surface area contributed by atoms with Gasteiger partial charge in [0.15, 0.2) is 0 Å². The Hall–Kier alpha value is -2.44. The number of rotatable bonds is 3. The number of aryl methyl sites for hydroxylation is 2. The van der Waals surface area contributed by atoms with Gasteiger partial charge < -0.3 is 24.4 Å². The number of alkyl carbamates (subject to hydrolysis) is 1. The number of carbonyl (C=O) groups excluding carboxylic acids is 2. The van der Waals surface area contributed by atoms with Gasteiger partial charge in [-0.25, -0.2) is 9.59 Å². The summed E-state index contributed by atoms with van der Waals surface area (Å²) in [6.45, 7) is 15.5. The molecule has 0 aliphatic carbocycles. The number of likely N-dealkylation sites (tertiary alicyclic amines) is 1. The van der Waals surface area contributed by atoms with E-state index in [2.05, 4.69) is 5.32 Å². The number of benzene rings is 1. The van der Waals surface area contributed by atoms with Crippen LogP contribution in [0, 0.1) is 13.8 Å². The zero-order valence-corrected chi connectivity index (χ0v) is 19.1. The third-order valence-corrected chi connectivity index (χ3v) is 4.53. The highest BCUT2D eigenvalue weighted by Crippen LogP contribution is 2.38. The van der Waals surface area contributed by atoms with Crippen LogP contribution in [0.2, 0.25) is 0 Å². The number of hydrogen-bond acceptors (Lipinski definition) is 5. The van der Waals surface area contributed by atoms with Gasteiger partial charge in [-0.1, -0.05) is 0 Å². The fourth-order valence-electron chi connectivity index (χ4n) is 3.66. The van der Waals surface area contributed by atoms with E-state index in [0.717, 1.165) is 22.4 Å². The zero-order valence-electron chi connectivity index (χ0n) is 19.1. The van der Waals surface area contributed by atoms with Crippen LogP contribution in [0.15, 0.2) is 12.1 Å². The first-order valence-corrected chi connectivity index (χ1v) is 9.80. The van der Waals surface area contributed by atoms with Gasteiger partial charge in [0.05, 0.1) is 20.2 Å². The summed E-state index contributed by atoms with van der Waals surface area (Å²) in [5, 5.41) is 3.02. The summed E-state index contributed by atoms with van der Waals surface area (Å²) >= 11 is 0. The van der Waals surface area contributed by atoms with Crippen LogP contribution < -0.4 is 10.1 Å². The maximum Gasteiger partial charge on any atom is 0.410 e. The zero-order chi connectivity index (χ0) is 22.2. The molecule has 0 aromatic heterocycles. The van der Waals surface area contributed by atoms with Gasteiger partial charge in [0.25, 0.3) is 0 Å². The van der Waals surface area contributed by atoms with Gasteiger partial charge in [0, 0.05) is 0 Å². The molecule has 7 heteroatoms. The van der Waals surface area contributed by atoms with Crippen molar-refractivity contribution >= 4 is 12.2 Å². The van der Waals surface area contributed by atoms with Crippen molar-refractivity contribution in [2.45, 2.75) is 72.1 Å². The molecule has 1 aliphatic rings. The molecular formula is C22H34N2O5. The van der Waals surface area contributed by atoms with Crippen LogP contribution in [0.3, 0.4) is 0 Å². The van der Waals surface area contributed by atoms with Crippen LogP contribution in [0.1, 0.15) is 58.2 Å². The fourth-order valence-corrected chi connectivity index (χ4v) is 3.66. The lowest BCUT2D eigenvalue weighted by Crippen LogP contribution is -2.70. The summed E-state index contributed by atoms with van der Waals surface area (Å²) in [7, 11) is 1.62. The van der Waals surface area contributed by atoms with Crippen molar-refractivity contribution < 1.29 is 23.8 Å². The topological polar surface area (TPSA) is 77.1 Å². The maximum atomic E-state index is 12.6. The predicted molar refractivity (Wildman–Crippen MR) is 111 cm³/mol. The van der Waals surface area contributed by atoms with Crippen molar-refractivity contribution in [1.82, 2.24) is 10.2 Å². The summed E-state index contributed by atoms with van der Waals surface area (Å²) < 4.78 is 16.3. The number of ether oxygens (including phenoxy) is 3. The van der Waals surface area contributed by atoms with Crippen LogP contribution in [0.5, 0.6) is 5.75 Å². The average Bonchev–Trinajstić information content (AvgIpc) is 2.46. The summed E-state index contributed by atoms with van der Waals surface area (Å²) in [6.07, 6.45) is -0.918. The van der Waals surface area contributed by atoms with Gasteiger partial charge in [-0.05, 0) is 84.2 Å². The van der Waals surface area contributed by atoms with Gasteiger partial charge in [-0.2, -0.15) is 0 Å². The largest absolute Gasteiger partial charge is 0.497 e. The van der Waals surface area contributed by atoms with Crippen molar-refractivity contribution in [3.05, 3.63) is 28.8 Å². The molecule has 0 spiro atoms. The second-order valence-corrected chi connectivity index (χ2v) is 9.68. The van der Waals surface area contributed by atoms with E-state index in [1.807, 2.05) is 67.5 Å². The molecule has 1 saturated heterocycles. The first-order valence-electron chi connectivity index (χ1n) is 9.80. The van der Waals surface area contributed by atoms with Crippen molar-refractivity contribution in [2.24, 2.45) is 0 Å². The molecule has 2 amide bonds. The predicted octanol–water partition coefficient (Wildman–Crippen LogP) is 4.28. The normalized spacial score (nSPS) is 16.0. The fraction of sp³-hybridized carbons (Fsp3) is 0.636. The highest BCUT2D eigenvalue weighted by atomic mass is 16.6. The van der Waals surface area contributed by atoms with E-state index in [1.54, 1.807) is 12.0 Å². The van der Waals surface area contributed by atoms with Crippen LogP contribution in [0.4, 0.5) is 9.59 Å². The Balaban J connectivity index is 2.35. The lowest BCUT2D eigenvalue weighted by Gasteiger charge is -2.51. The number of hydrogen-bond donors (Lipinski definition) is 1. The van der Waals surface area contributed by atoms with Crippen molar-refractivity contribution in [2.75, 3.05) is 20.2 Å². The Morgan fingerprint density at radius 1 is 0.966 bits per heavy atom. The summed E-state index contributed by atoms with van der Waals surface area (Å²) in [6, 6.07) is 3.86. The molecule has 2 rings (SSSR count). The number of amides is 2. The molecular weight excluding hydrogens is 372 g/mol. The molecule has 0 bridgehead atoms. The average molecular weight is 407 g/mol. The minimum absolute atomic E-state index is 0.301. The van der Waals surface area contributed by atoms with Crippen molar-refractivity contribution in [3.8, 4) is 5.75 Å². The molecule has 7 nitrogen and oxygen atoms in total. The van der Waals surface area contributed by atoms with Crippen LogP contribution >= 0.6 is 0 Å². The van der Waals surface area contributed by atoms with Crippen molar-refractivity contribution in [1.29, 1.82) is 0 Å². The molecule has 1 aromatic carbocycles. The second kappa shape index (κ2) is 7.76. The van der Waals surface area contributed by atoms with E-state index in [4.69, 9.17) is 14.2 Å². The lowest BCUT2D eigenvalue weighted by atomic mass is 9.78. The van der Waals surface area contributed by atoms with Crippen molar-refractivity contribution in [3.63, 3.8) is 0 Å². The van der Waals surface area contributed by atoms with Gasteiger partial charge >= 0.3 is 12.2 Å². The molecule has 1 N–H and O–H groups in total. The molecule has 0 radical (unpaired) electrons. The third kappa shape index (κ3) is 5.55. The number of nitrogens with zero attached hydrogens (tertiary/aromatic N) is 1. The van der Waals surface area contributed by atoms with E-state index >= 15 is 0 Å². The lowest BCUT2D eigenvalue weighted by molar-refractivity contribution is -0.0233. The SMILES string of the molecule is COc1cc(C)c(C2(NC(=O)OC(C)(C)C)CN(C(=O)OC(C)(C)C)C2)c(C)c1. The first kappa shape index (κ1) is 22.8. The van der Waals surface area contributed by atoms with E-state index in [0.29, 0.717) is 13.1 Å². The number of nitrogens with one attached hydrogen (secondary N) is 1. The third-order valence-electron chi connectivity index (χ3n) is 4.53. The van der Waals surface area contributed by atoms with E-state index in [9.17, 15) is 9.59 Å². The molecule has 0 saturated carbocycles. The van der Waals surface area contributed by atoms with Gasteiger partial charge in [0.1, 0.15) is 22.5 Å². The minimum atomic E-state index is -0.750. The van der Waals surface area contributed by atoms with Gasteiger partial charge in [0.2, 0.25) is 0 Å². The quantitative estimate of drug-likeness (QED) is 0.811. The highest BCUT2D eigenvalue weighted by Gasteiger charge is 2.51. The van der Waals surface area contributed by atoms with Gasteiger partial charge in [-0.15, -0.1) is 0 Å². The molecule has 1 aliphatic heterocycles. The number of carbonyl (C=O) groups is 2. The number of methoxy groups -OCH3 is 1. The minimum Gasteiger partial charge on any atom is -0.497 e. The monoisotopic (exact) mass is 406 g/mol. The highest BCUT2D eigenvalue weighted by molar-refractivity contribution is 5.74. The maximum absolute atomic E-state index is 12.6. The summed E-state index contributed by atoms with van der Waals surface area (Å²) in [5.41, 5.74) is 0.955. The Morgan fingerprint density at radius 3 is 1.86 bits per heavy atom. The smallest absolute Gasteiger partial charge is 0.410 e. The summed E-state index contributed by atoms with van der Waals surface area (Å²) in [5.74, 6) is 0.750. The molecule has 0 unspecified atom stereocenters. The molecule has 1 heterocycles. The molecule has 29 heavy (non-hydrogen) atoms. The van der Waals surface area contributed by atoms with Gasteiger partial charge in [-0.3, -0.25) is 0 Å². The molecule has 1 fully saturated rings. The van der Waals surface area contributed by atoms with E-state index in [1.165, 1.54) is 0 Å². The standard InChI is InChI=1S/C22H34N2O5/c1-14-10-16(27-9)11-15(2)17(14)22(23-18(25)28-20(3,4)5)12-24(13-22)19(26)29-21(6,7)8/h10-11H,12-13H2,1-9H3,(H,23,25). The Kier molecular flexibility index (Phi) is 6.12. The molecule has 162 valence electrons. The van der Waals surface area contributed by atoms with E-state index < -0.39 is 28.9 Å². The van der Waals surface area contributed by atoms with Crippen LogP contribution in [-0.2, 0) is 15.0 Å². The Bertz CT molecular complexity index is 760. The molecule has 1 aromatic rings. The first-order chi connectivity index (χ1) is 13.2. The van der Waals surface area contributed by atoms with Crippen LogP contribution in [-0.4, -0.2) is 48.5 Å². The molecule has 0 atom stereocenters. The summed E-state index contributed by atoms with van der Waals surface area (Å²) in [4.78, 5) is 26.7. The van der Waals surface area contributed by atoms with Crippen LogP contribution in [0.25, 0.3) is 0 Å². The van der Waals surface area contributed by atoms with E-state index in [-0.39, 0.29) is 0 Å². The Morgan fingerprint density at radius 2 is 1.45 bits per heavy atom. The second-order valence-electron chi connectivity index (χ2n) is 9.68. The Labute approximate surface area is 173 Å².